The van der Waals surface area contributed by atoms with Gasteiger partial charge in [-0.2, -0.15) is 5.32 Å². The number of carbonyl (C=O) groups excluding carboxylic acids is 2. The fraction of sp³-hybridized carbons (Fsp3) is 0. The average molecular weight is 145 g/mol. The summed E-state index contributed by atoms with van der Waals surface area (Å²) >= 11 is 0. The molecule has 2 radical (unpaired) electrons. The van der Waals surface area contributed by atoms with Crippen LogP contribution in [0, 0.1) is 6.07 Å². The molecule has 0 aromatic heterocycles. The Labute approximate surface area is 63.0 Å². The van der Waals surface area contributed by atoms with Crippen LogP contribution in [0.15, 0.2) is 18.2 Å². The van der Waals surface area contributed by atoms with E-state index in [1.54, 1.807) is 12.1 Å². The third-order valence-corrected chi connectivity index (χ3v) is 1.53. The Bertz CT molecular complexity index is 311. The molecule has 3 nitrogen and oxygen atoms in total. The van der Waals surface area contributed by atoms with Gasteiger partial charge >= 0.3 is 0 Å². The smallest absolute Gasteiger partial charge is 0.267 e. The largest absolute Gasteiger partial charge is 0.281 e. The van der Waals surface area contributed by atoms with Gasteiger partial charge < -0.3 is 0 Å². The first-order valence-electron chi connectivity index (χ1n) is 3.09. The van der Waals surface area contributed by atoms with Crippen molar-refractivity contribution < 1.29 is 9.59 Å². The van der Waals surface area contributed by atoms with Crippen LogP contribution < -0.4 is 5.32 Å². The monoisotopic (exact) mass is 145 g/mol. The number of carbonyl (C=O) groups is 2. The topological polar surface area (TPSA) is 48.2 Å². The van der Waals surface area contributed by atoms with Crippen LogP contribution in [-0.4, -0.2) is 11.8 Å². The van der Waals surface area contributed by atoms with E-state index in [2.05, 4.69) is 11.4 Å². The number of hydrogen-bond donors (Lipinski definition) is 0. The molecule has 1 aromatic carbocycles. The van der Waals surface area contributed by atoms with Crippen LogP contribution in [0.3, 0.4) is 0 Å². The maximum absolute atomic E-state index is 10.9. The first kappa shape index (κ1) is 6.09. The summed E-state index contributed by atoms with van der Waals surface area (Å²) in [6.45, 7) is 0. The number of nitrogens with zero attached hydrogens (tertiary/aromatic N) is 1. The van der Waals surface area contributed by atoms with Crippen molar-refractivity contribution in [1.82, 2.24) is 5.32 Å². The van der Waals surface area contributed by atoms with E-state index in [9.17, 15) is 9.59 Å². The molecule has 1 aromatic rings. The van der Waals surface area contributed by atoms with E-state index in [-0.39, 0.29) is 0 Å². The molecule has 2 rings (SSSR count). The van der Waals surface area contributed by atoms with Gasteiger partial charge in [-0.1, -0.05) is 6.07 Å². The van der Waals surface area contributed by atoms with Crippen LogP contribution in [0.5, 0.6) is 0 Å². The molecule has 1 aliphatic rings. The van der Waals surface area contributed by atoms with E-state index >= 15 is 0 Å². The molecule has 0 fully saturated rings. The normalized spacial score (nSPS) is 14.5. The summed E-state index contributed by atoms with van der Waals surface area (Å²) in [7, 11) is 0. The predicted octanol–water partition coefficient (Wildman–Crippen LogP) is 0.385. The molecular formula is C8H3NO2. The lowest BCUT2D eigenvalue weighted by atomic mass is 10.1. The fourth-order valence-corrected chi connectivity index (χ4v) is 1.01. The molecule has 1 heterocycles. The minimum absolute atomic E-state index is 0.359. The highest BCUT2D eigenvalue weighted by Crippen LogP contribution is 2.14. The molecule has 0 saturated heterocycles. The number of rotatable bonds is 0. The second-order valence-electron chi connectivity index (χ2n) is 2.19. The Balaban J connectivity index is 2.69. The summed E-state index contributed by atoms with van der Waals surface area (Å²) in [6, 6.07) is 7.32. The van der Waals surface area contributed by atoms with Gasteiger partial charge in [-0.05, 0) is 18.2 Å². The summed E-state index contributed by atoms with van der Waals surface area (Å²) in [5.41, 5.74) is 0.742. The highest BCUT2D eigenvalue weighted by Gasteiger charge is 2.27. The van der Waals surface area contributed by atoms with Crippen LogP contribution in [0.25, 0.3) is 0 Å². The van der Waals surface area contributed by atoms with E-state index < -0.39 is 11.8 Å². The molecule has 0 bridgehead atoms. The Kier molecular flexibility index (Phi) is 1.06. The van der Waals surface area contributed by atoms with E-state index in [1.165, 1.54) is 6.07 Å². The minimum Gasteiger partial charge on any atom is -0.267 e. The molecule has 52 valence electrons. The molecule has 0 aliphatic carbocycles. The van der Waals surface area contributed by atoms with Crippen molar-refractivity contribution in [2.75, 3.05) is 0 Å². The third-order valence-electron chi connectivity index (χ3n) is 1.53. The Hall–Kier alpha value is -1.64. The van der Waals surface area contributed by atoms with E-state index in [4.69, 9.17) is 0 Å². The lowest BCUT2D eigenvalue weighted by Crippen LogP contribution is -2.10. The van der Waals surface area contributed by atoms with Crippen molar-refractivity contribution in [1.29, 1.82) is 0 Å². The van der Waals surface area contributed by atoms with Gasteiger partial charge in [0, 0.05) is 0 Å². The van der Waals surface area contributed by atoms with Crippen LogP contribution in [0.4, 0.5) is 0 Å². The van der Waals surface area contributed by atoms with Gasteiger partial charge in [0.1, 0.15) is 0 Å². The van der Waals surface area contributed by atoms with Crippen molar-refractivity contribution >= 4 is 11.8 Å². The van der Waals surface area contributed by atoms with E-state index in [0.29, 0.717) is 11.1 Å². The second-order valence-corrected chi connectivity index (χ2v) is 2.19. The van der Waals surface area contributed by atoms with Crippen molar-refractivity contribution in [3.05, 3.63) is 35.4 Å². The quantitative estimate of drug-likeness (QED) is 0.495. The van der Waals surface area contributed by atoms with Crippen molar-refractivity contribution in [3.63, 3.8) is 0 Å². The molecular weight excluding hydrogens is 142 g/mol. The predicted molar refractivity (Wildman–Crippen MR) is 36.1 cm³/mol. The van der Waals surface area contributed by atoms with Gasteiger partial charge in [0.25, 0.3) is 11.8 Å². The van der Waals surface area contributed by atoms with Gasteiger partial charge in [0.05, 0.1) is 11.1 Å². The number of benzene rings is 1. The first-order chi connectivity index (χ1) is 5.29. The maximum Gasteiger partial charge on any atom is 0.281 e. The zero-order valence-corrected chi connectivity index (χ0v) is 5.50. The average Bonchev–Trinajstić information content (AvgIpc) is 2.30. The van der Waals surface area contributed by atoms with Crippen molar-refractivity contribution in [2.45, 2.75) is 0 Å². The number of hydrogen-bond acceptors (Lipinski definition) is 2. The molecule has 0 spiro atoms. The second kappa shape index (κ2) is 1.92. The molecule has 0 unspecified atom stereocenters. The summed E-state index contributed by atoms with van der Waals surface area (Å²) < 4.78 is 0. The summed E-state index contributed by atoms with van der Waals surface area (Å²) in [6.07, 6.45) is 0. The standard InChI is InChI=1S/C8H3NO2/c10-7-5-3-1-2-4-6(5)8(11)9-7/h1,3-4H. The van der Waals surface area contributed by atoms with Crippen molar-refractivity contribution in [3.8, 4) is 0 Å². The third kappa shape index (κ3) is 0.741. The summed E-state index contributed by atoms with van der Waals surface area (Å²) in [4.78, 5) is 21.7. The number of imide groups is 1. The fourth-order valence-electron chi connectivity index (χ4n) is 1.01. The van der Waals surface area contributed by atoms with Gasteiger partial charge in [0.2, 0.25) is 0 Å². The molecule has 1 aliphatic heterocycles. The zero-order valence-electron chi connectivity index (χ0n) is 5.50. The van der Waals surface area contributed by atoms with Crippen LogP contribution in [0.1, 0.15) is 20.7 Å². The van der Waals surface area contributed by atoms with Crippen LogP contribution in [0.2, 0.25) is 0 Å². The van der Waals surface area contributed by atoms with Crippen LogP contribution in [-0.2, 0) is 0 Å². The molecule has 11 heavy (non-hydrogen) atoms. The Morgan fingerprint density at radius 2 is 1.91 bits per heavy atom. The van der Waals surface area contributed by atoms with E-state index in [0.717, 1.165) is 0 Å². The lowest BCUT2D eigenvalue weighted by molar-refractivity contribution is 0.0873. The summed E-state index contributed by atoms with van der Waals surface area (Å²) in [5.74, 6) is -0.902. The van der Waals surface area contributed by atoms with Crippen molar-refractivity contribution in [2.24, 2.45) is 0 Å². The van der Waals surface area contributed by atoms with Crippen LogP contribution >= 0.6 is 0 Å². The van der Waals surface area contributed by atoms with Gasteiger partial charge in [-0.3, -0.25) is 9.59 Å². The Morgan fingerprint density at radius 1 is 1.18 bits per heavy atom. The van der Waals surface area contributed by atoms with Gasteiger partial charge in [-0.15, -0.1) is 0 Å². The SMILES string of the molecule is O=C1[N]C(=O)c2cc[c]cc21. The first-order valence-corrected chi connectivity index (χ1v) is 3.09. The lowest BCUT2D eigenvalue weighted by Gasteiger charge is -1.87. The number of amides is 2. The van der Waals surface area contributed by atoms with Gasteiger partial charge in [0.15, 0.2) is 0 Å². The molecule has 2 amide bonds. The Morgan fingerprint density at radius 3 is 2.64 bits per heavy atom. The maximum atomic E-state index is 10.9. The summed E-state index contributed by atoms with van der Waals surface area (Å²) in [5, 5.41) is 3.26. The number of fused-ring (bicyclic) bond motifs is 1. The molecule has 0 atom stereocenters. The van der Waals surface area contributed by atoms with Gasteiger partial charge in [-0.25, -0.2) is 0 Å². The zero-order chi connectivity index (χ0) is 7.84. The molecule has 0 saturated carbocycles. The highest BCUT2D eigenvalue weighted by molar-refractivity contribution is 6.21. The highest BCUT2D eigenvalue weighted by atomic mass is 16.2. The van der Waals surface area contributed by atoms with E-state index in [1.807, 2.05) is 0 Å². The molecule has 0 N–H and O–H groups in total. The molecule has 3 heteroatoms. The minimum atomic E-state index is -0.457.